The number of aliphatic hydroxyl groups excluding tert-OH is 1. The number of alkyl halides is 2. The number of hydrogen-bond donors (Lipinski definition) is 2. The van der Waals surface area contributed by atoms with Crippen molar-refractivity contribution in [3.8, 4) is 22.5 Å². The number of carbonyl (C=O) groups excluding carboxylic acids is 1. The number of nitrogens with zero attached hydrogens (tertiary/aromatic N) is 6. The van der Waals surface area contributed by atoms with E-state index < -0.39 is 30.0 Å². The maximum atomic E-state index is 14.4. The van der Waals surface area contributed by atoms with Gasteiger partial charge in [-0.1, -0.05) is 18.2 Å². The van der Waals surface area contributed by atoms with E-state index in [1.165, 1.54) is 11.2 Å². The van der Waals surface area contributed by atoms with E-state index in [9.17, 15) is 18.7 Å². The summed E-state index contributed by atoms with van der Waals surface area (Å²) in [6.07, 6.45) is 4.14. The van der Waals surface area contributed by atoms with E-state index in [4.69, 9.17) is 10.5 Å². The molecule has 40 heavy (non-hydrogen) atoms. The van der Waals surface area contributed by atoms with Crippen molar-refractivity contribution in [3.63, 3.8) is 0 Å². The van der Waals surface area contributed by atoms with E-state index in [0.717, 1.165) is 40.9 Å². The first-order valence-electron chi connectivity index (χ1n) is 13.5. The standard InChI is InChI=1S/C28H29F2N7O3/c29-28(30)14-27(28,15-38)35-13-20(39)11-23(35)17-2-1-3-18(10-17)24-12-21(25-26(31)32-16-34-37(24)25)22-4-7-33-36(22)19-5-8-40-9-6-19/h1-4,7,10,12,15-16,19-20,23,39H,5-6,8-9,11,13-14H2,(H2,31,32,34)/t20-,23+,27?/m1/s1. The molecule has 0 radical (unpaired) electrons. The number of β-amino-alcohol motifs (C(OH)–C–C–N with tert-alkyl or cyclic N) is 1. The van der Waals surface area contributed by atoms with Crippen molar-refractivity contribution in [3.05, 3.63) is 54.5 Å². The topological polar surface area (TPSA) is 124 Å². The smallest absolute Gasteiger partial charge is 0.275 e. The lowest BCUT2D eigenvalue weighted by molar-refractivity contribution is -0.118. The summed E-state index contributed by atoms with van der Waals surface area (Å²) in [6, 6.07) is 11.1. The second-order valence-electron chi connectivity index (χ2n) is 11.0. The maximum Gasteiger partial charge on any atom is 0.275 e. The van der Waals surface area contributed by atoms with Gasteiger partial charge in [0.05, 0.1) is 23.5 Å². The van der Waals surface area contributed by atoms with Gasteiger partial charge >= 0.3 is 0 Å². The Morgan fingerprint density at radius 2 is 1.93 bits per heavy atom. The first-order valence-corrected chi connectivity index (χ1v) is 13.5. The van der Waals surface area contributed by atoms with Gasteiger partial charge in [-0.05, 0) is 43.0 Å². The van der Waals surface area contributed by atoms with Crippen molar-refractivity contribution in [2.75, 3.05) is 25.5 Å². The maximum absolute atomic E-state index is 14.4. The van der Waals surface area contributed by atoms with Crippen molar-refractivity contribution >= 4 is 17.6 Å². The Morgan fingerprint density at radius 3 is 2.67 bits per heavy atom. The highest BCUT2D eigenvalue weighted by atomic mass is 19.3. The highest BCUT2D eigenvalue weighted by Gasteiger charge is 2.76. The SMILES string of the molecule is Nc1ncnn2c(-c3cccc([C@@H]4C[C@@H](O)CN4C4(C=O)CC4(F)F)c3)cc(-c3ccnn3C3CCOCC3)c12. The number of halogens is 2. The highest BCUT2D eigenvalue weighted by molar-refractivity contribution is 5.91. The number of aromatic nitrogens is 5. The Labute approximate surface area is 228 Å². The molecule has 0 spiro atoms. The van der Waals surface area contributed by atoms with Crippen LogP contribution in [0.4, 0.5) is 14.6 Å². The van der Waals surface area contributed by atoms with Crippen LogP contribution < -0.4 is 5.73 Å². The monoisotopic (exact) mass is 549 g/mol. The van der Waals surface area contributed by atoms with E-state index in [1.54, 1.807) is 10.7 Å². The first kappa shape index (κ1) is 25.2. The summed E-state index contributed by atoms with van der Waals surface area (Å²) in [5.41, 5.74) is 9.15. The van der Waals surface area contributed by atoms with E-state index in [-0.39, 0.29) is 19.0 Å². The largest absolute Gasteiger partial charge is 0.392 e. The quantitative estimate of drug-likeness (QED) is 0.351. The molecule has 1 aliphatic carbocycles. The van der Waals surface area contributed by atoms with Gasteiger partial charge in [-0.2, -0.15) is 10.2 Å². The third-order valence-corrected chi connectivity index (χ3v) is 8.62. The zero-order valence-electron chi connectivity index (χ0n) is 21.7. The van der Waals surface area contributed by atoms with Gasteiger partial charge in [0.15, 0.2) is 5.82 Å². The summed E-state index contributed by atoms with van der Waals surface area (Å²) in [7, 11) is 0. The van der Waals surface area contributed by atoms with Crippen molar-refractivity contribution in [2.24, 2.45) is 0 Å². The van der Waals surface area contributed by atoms with Crippen LogP contribution in [0.25, 0.3) is 28.0 Å². The minimum Gasteiger partial charge on any atom is -0.392 e. The molecular formula is C28H29F2N7O3. The number of rotatable bonds is 6. The van der Waals surface area contributed by atoms with Crippen LogP contribution in [0.2, 0.25) is 0 Å². The molecule has 0 bridgehead atoms. The third kappa shape index (κ3) is 3.77. The fourth-order valence-electron chi connectivity index (χ4n) is 6.49. The highest BCUT2D eigenvalue weighted by Crippen LogP contribution is 2.59. The van der Waals surface area contributed by atoms with Crippen molar-refractivity contribution in [2.45, 2.75) is 55.3 Å². The van der Waals surface area contributed by atoms with Gasteiger partial charge in [0.1, 0.15) is 23.7 Å². The molecule has 1 saturated carbocycles. The number of nitrogen functional groups attached to an aromatic ring is 1. The second kappa shape index (κ2) is 9.15. The lowest BCUT2D eigenvalue weighted by Crippen LogP contribution is -2.43. The summed E-state index contributed by atoms with van der Waals surface area (Å²) in [6.45, 7) is 1.36. The number of hydrogen-bond acceptors (Lipinski definition) is 8. The molecule has 12 heteroatoms. The number of benzene rings is 1. The van der Waals surface area contributed by atoms with Gasteiger partial charge in [0, 0.05) is 49.5 Å². The molecule has 5 heterocycles. The minimum absolute atomic E-state index is 0.0153. The van der Waals surface area contributed by atoms with Gasteiger partial charge in [-0.15, -0.1) is 0 Å². The first-order chi connectivity index (χ1) is 19.3. The summed E-state index contributed by atoms with van der Waals surface area (Å²) < 4.78 is 38.1. The fourth-order valence-corrected chi connectivity index (χ4v) is 6.49. The molecule has 10 nitrogen and oxygen atoms in total. The van der Waals surface area contributed by atoms with Crippen LogP contribution in [0, 0.1) is 0 Å². The number of ether oxygens (including phenoxy) is 1. The zero-order chi connectivity index (χ0) is 27.6. The van der Waals surface area contributed by atoms with Crippen LogP contribution in [0.3, 0.4) is 0 Å². The van der Waals surface area contributed by atoms with E-state index in [1.807, 2.05) is 41.1 Å². The van der Waals surface area contributed by atoms with Crippen LogP contribution in [-0.4, -0.2) is 78.0 Å². The van der Waals surface area contributed by atoms with Crippen molar-refractivity contribution < 1.29 is 23.4 Å². The van der Waals surface area contributed by atoms with Gasteiger partial charge < -0.3 is 20.4 Å². The molecule has 1 aromatic carbocycles. The Kier molecular flexibility index (Phi) is 5.77. The van der Waals surface area contributed by atoms with Crippen LogP contribution in [0.5, 0.6) is 0 Å². The minimum atomic E-state index is -3.11. The van der Waals surface area contributed by atoms with E-state index in [2.05, 4.69) is 15.2 Å². The second-order valence-corrected chi connectivity index (χ2v) is 11.0. The van der Waals surface area contributed by atoms with E-state index >= 15 is 0 Å². The van der Waals surface area contributed by atoms with Crippen molar-refractivity contribution in [1.29, 1.82) is 0 Å². The third-order valence-electron chi connectivity index (χ3n) is 8.62. The number of likely N-dealkylation sites (tertiary alicyclic amines) is 1. The number of carbonyl (C=O) groups is 1. The molecule has 3 aromatic heterocycles. The summed E-state index contributed by atoms with van der Waals surface area (Å²) in [5.74, 6) is -2.79. The number of aliphatic hydroxyl groups is 1. The van der Waals surface area contributed by atoms with Gasteiger partial charge in [0.25, 0.3) is 5.92 Å². The zero-order valence-corrected chi connectivity index (χ0v) is 21.7. The molecule has 1 unspecified atom stereocenters. The molecule has 3 fully saturated rings. The molecule has 7 rings (SSSR count). The van der Waals surface area contributed by atoms with E-state index in [0.29, 0.717) is 30.8 Å². The molecule has 0 amide bonds. The van der Waals surface area contributed by atoms with Crippen molar-refractivity contribution in [1.82, 2.24) is 29.3 Å². The Bertz CT molecular complexity index is 1600. The normalized spacial score (nSPS) is 26.9. The number of anilines is 1. The number of nitrogens with two attached hydrogens (primary N) is 1. The molecule has 2 aliphatic heterocycles. The molecule has 3 N–H and O–H groups in total. The summed E-state index contributed by atoms with van der Waals surface area (Å²) in [4.78, 5) is 17.6. The number of fused-ring (bicyclic) bond motifs is 1. The predicted molar refractivity (Wildman–Crippen MR) is 142 cm³/mol. The van der Waals surface area contributed by atoms with Crippen LogP contribution in [0.15, 0.2) is 48.9 Å². The Hall–Kier alpha value is -3.74. The van der Waals surface area contributed by atoms with Crippen LogP contribution >= 0.6 is 0 Å². The average molecular weight is 550 g/mol. The molecular weight excluding hydrogens is 520 g/mol. The molecule has 4 aromatic rings. The average Bonchev–Trinajstić information content (AvgIpc) is 3.44. The molecule has 3 atom stereocenters. The number of aldehydes is 1. The van der Waals surface area contributed by atoms with Gasteiger partial charge in [-0.3, -0.25) is 9.58 Å². The summed E-state index contributed by atoms with van der Waals surface area (Å²) >= 11 is 0. The predicted octanol–water partition coefficient (Wildman–Crippen LogP) is 3.28. The van der Waals surface area contributed by atoms with Crippen LogP contribution in [-0.2, 0) is 9.53 Å². The Balaban J connectivity index is 1.32. The molecule has 2 saturated heterocycles. The molecule has 208 valence electrons. The van der Waals surface area contributed by atoms with Gasteiger partial charge in [-0.25, -0.2) is 18.3 Å². The summed E-state index contributed by atoms with van der Waals surface area (Å²) in [5, 5.41) is 19.6. The lowest BCUT2D eigenvalue weighted by Gasteiger charge is -2.30. The van der Waals surface area contributed by atoms with Crippen LogP contribution in [0.1, 0.15) is 43.3 Å². The lowest BCUT2D eigenvalue weighted by atomic mass is 9.99. The Morgan fingerprint density at radius 1 is 1.12 bits per heavy atom. The van der Waals surface area contributed by atoms with Gasteiger partial charge in [0.2, 0.25) is 0 Å². The molecule has 3 aliphatic rings. The fraction of sp³-hybridized carbons (Fsp3) is 0.429.